The topological polar surface area (TPSA) is 72.3 Å². The molecule has 3 atom stereocenters. The molecule has 4 N–H and O–H groups in total. The van der Waals surface area contributed by atoms with Crippen molar-refractivity contribution in [1.29, 1.82) is 0 Å². The van der Waals surface area contributed by atoms with Gasteiger partial charge < -0.3 is 16.4 Å². The number of nitrogens with two attached hydrogens (primary N) is 2. The third-order valence-corrected chi connectivity index (χ3v) is 4.37. The largest absolute Gasteiger partial charge is 0.369 e. The fourth-order valence-corrected chi connectivity index (χ4v) is 2.96. The summed E-state index contributed by atoms with van der Waals surface area (Å²) in [5.74, 6) is -0.253. The highest BCUT2D eigenvalue weighted by atomic mass is 16.1. The van der Waals surface area contributed by atoms with Gasteiger partial charge in [-0.1, -0.05) is 25.1 Å². The average Bonchev–Trinajstić information content (AvgIpc) is 2.46. The summed E-state index contributed by atoms with van der Waals surface area (Å²) in [6.45, 7) is 4.99. The summed E-state index contributed by atoms with van der Waals surface area (Å²) in [6.07, 6.45) is 2.77. The van der Waals surface area contributed by atoms with Crippen molar-refractivity contribution in [2.75, 3.05) is 11.4 Å². The molecule has 0 bridgehead atoms. The van der Waals surface area contributed by atoms with E-state index in [4.69, 9.17) is 11.5 Å². The number of para-hydroxylation sites is 1. The van der Waals surface area contributed by atoms with Crippen molar-refractivity contribution in [2.45, 2.75) is 45.2 Å². The van der Waals surface area contributed by atoms with Gasteiger partial charge in [-0.2, -0.15) is 0 Å². The molecule has 1 fully saturated rings. The number of anilines is 1. The van der Waals surface area contributed by atoms with E-state index in [2.05, 4.69) is 30.9 Å². The molecule has 4 nitrogen and oxygen atoms in total. The quantitative estimate of drug-likeness (QED) is 0.884. The number of nitrogens with zero attached hydrogens (tertiary/aromatic N) is 1. The number of hydrogen-bond donors (Lipinski definition) is 2. The second-order valence-corrected chi connectivity index (χ2v) is 5.75. The molecular weight excluding hydrogens is 250 g/mol. The van der Waals surface area contributed by atoms with Gasteiger partial charge in [-0.3, -0.25) is 4.79 Å². The molecule has 1 aromatic carbocycles. The minimum absolute atomic E-state index is 0.0346. The minimum atomic E-state index is -0.195. The van der Waals surface area contributed by atoms with Gasteiger partial charge in [-0.05, 0) is 37.8 Å². The lowest BCUT2D eigenvalue weighted by Crippen LogP contribution is -2.46. The van der Waals surface area contributed by atoms with Crippen LogP contribution in [0.1, 0.15) is 44.7 Å². The highest BCUT2D eigenvalue weighted by molar-refractivity contribution is 5.78. The zero-order chi connectivity index (χ0) is 14.7. The maximum absolute atomic E-state index is 11.5. The van der Waals surface area contributed by atoms with Crippen molar-refractivity contribution >= 4 is 11.6 Å². The van der Waals surface area contributed by atoms with Crippen LogP contribution in [0.15, 0.2) is 24.3 Å². The molecular formula is C16H25N3O. The number of amides is 1. The van der Waals surface area contributed by atoms with Crippen LogP contribution >= 0.6 is 0 Å². The molecule has 0 aromatic heterocycles. The molecule has 1 saturated heterocycles. The predicted octanol–water partition coefficient (Wildman–Crippen LogP) is 2.19. The van der Waals surface area contributed by atoms with Crippen molar-refractivity contribution < 1.29 is 4.79 Å². The number of hydrogen-bond acceptors (Lipinski definition) is 3. The molecule has 1 heterocycles. The molecule has 1 aliphatic heterocycles. The van der Waals surface area contributed by atoms with Gasteiger partial charge >= 0.3 is 0 Å². The van der Waals surface area contributed by atoms with Crippen molar-refractivity contribution in [3.05, 3.63) is 29.8 Å². The zero-order valence-electron chi connectivity index (χ0n) is 12.4. The number of carbonyl (C=O) groups excluding carboxylic acids is 1. The van der Waals surface area contributed by atoms with Gasteiger partial charge in [0.25, 0.3) is 0 Å². The summed E-state index contributed by atoms with van der Waals surface area (Å²) in [5, 5.41) is 0. The van der Waals surface area contributed by atoms with E-state index in [1.165, 1.54) is 0 Å². The molecule has 0 radical (unpaired) electrons. The zero-order valence-corrected chi connectivity index (χ0v) is 12.4. The standard InChI is InChI=1S/C16H25N3O/c1-3-14(17)13-6-4-5-7-15(13)19-10-12(16(18)20)9-8-11(19)2/h4-7,11-12,14H,3,8-10,17H2,1-2H3,(H2,18,20). The van der Waals surface area contributed by atoms with Crippen LogP contribution in [-0.2, 0) is 4.79 Å². The number of piperidine rings is 1. The smallest absolute Gasteiger partial charge is 0.222 e. The molecule has 3 unspecified atom stereocenters. The maximum atomic E-state index is 11.5. The van der Waals surface area contributed by atoms with Gasteiger partial charge in [-0.25, -0.2) is 0 Å². The van der Waals surface area contributed by atoms with Crippen molar-refractivity contribution in [1.82, 2.24) is 0 Å². The Hall–Kier alpha value is -1.55. The SMILES string of the molecule is CCC(N)c1ccccc1N1CC(C(N)=O)CCC1C. The lowest BCUT2D eigenvalue weighted by molar-refractivity contribution is -0.122. The van der Waals surface area contributed by atoms with Crippen LogP contribution in [0, 0.1) is 5.92 Å². The monoisotopic (exact) mass is 275 g/mol. The van der Waals surface area contributed by atoms with E-state index < -0.39 is 0 Å². The highest BCUT2D eigenvalue weighted by Crippen LogP contribution is 2.33. The Morgan fingerprint density at radius 3 is 2.75 bits per heavy atom. The van der Waals surface area contributed by atoms with E-state index in [0.29, 0.717) is 12.6 Å². The van der Waals surface area contributed by atoms with E-state index in [0.717, 1.165) is 30.5 Å². The molecule has 0 aliphatic carbocycles. The fourth-order valence-electron chi connectivity index (χ4n) is 2.96. The van der Waals surface area contributed by atoms with E-state index in [1.54, 1.807) is 0 Å². The average molecular weight is 275 g/mol. The summed E-state index contributed by atoms with van der Waals surface area (Å²) in [5.41, 5.74) is 14.0. The van der Waals surface area contributed by atoms with E-state index in [9.17, 15) is 4.79 Å². The lowest BCUT2D eigenvalue weighted by atomic mass is 9.91. The first kappa shape index (κ1) is 14.9. The highest BCUT2D eigenvalue weighted by Gasteiger charge is 2.30. The van der Waals surface area contributed by atoms with Gasteiger partial charge in [0.15, 0.2) is 0 Å². The van der Waals surface area contributed by atoms with Crippen LogP contribution in [0.5, 0.6) is 0 Å². The molecule has 110 valence electrons. The number of benzene rings is 1. The third-order valence-electron chi connectivity index (χ3n) is 4.37. The van der Waals surface area contributed by atoms with Crippen LogP contribution in [0.3, 0.4) is 0 Å². The van der Waals surface area contributed by atoms with Gasteiger partial charge in [0.2, 0.25) is 5.91 Å². The molecule has 2 rings (SSSR count). The van der Waals surface area contributed by atoms with Crippen LogP contribution in [0.4, 0.5) is 5.69 Å². The van der Waals surface area contributed by atoms with Crippen LogP contribution in [-0.4, -0.2) is 18.5 Å². The fraction of sp³-hybridized carbons (Fsp3) is 0.562. The molecule has 4 heteroatoms. The van der Waals surface area contributed by atoms with Crippen molar-refractivity contribution in [3.8, 4) is 0 Å². The van der Waals surface area contributed by atoms with Crippen molar-refractivity contribution in [2.24, 2.45) is 17.4 Å². The Morgan fingerprint density at radius 2 is 2.10 bits per heavy atom. The van der Waals surface area contributed by atoms with Crippen LogP contribution in [0.25, 0.3) is 0 Å². The number of rotatable bonds is 4. The minimum Gasteiger partial charge on any atom is -0.369 e. The Morgan fingerprint density at radius 1 is 1.40 bits per heavy atom. The predicted molar refractivity (Wildman–Crippen MR) is 82.4 cm³/mol. The Balaban J connectivity index is 2.31. The van der Waals surface area contributed by atoms with Crippen LogP contribution < -0.4 is 16.4 Å². The Labute approximate surface area is 121 Å². The normalized spacial score (nSPS) is 24.4. The first-order chi connectivity index (χ1) is 9.54. The molecule has 1 aromatic rings. The second kappa shape index (κ2) is 6.27. The van der Waals surface area contributed by atoms with Crippen molar-refractivity contribution in [3.63, 3.8) is 0 Å². The van der Waals surface area contributed by atoms with Gasteiger partial charge in [0.1, 0.15) is 0 Å². The Kier molecular flexibility index (Phi) is 4.65. The third kappa shape index (κ3) is 2.96. The Bertz CT molecular complexity index is 475. The van der Waals surface area contributed by atoms with Gasteiger partial charge in [-0.15, -0.1) is 0 Å². The summed E-state index contributed by atoms with van der Waals surface area (Å²) >= 11 is 0. The first-order valence-corrected chi connectivity index (χ1v) is 7.45. The first-order valence-electron chi connectivity index (χ1n) is 7.45. The second-order valence-electron chi connectivity index (χ2n) is 5.75. The van der Waals surface area contributed by atoms with E-state index >= 15 is 0 Å². The van der Waals surface area contributed by atoms with Gasteiger partial charge in [0, 0.05) is 24.3 Å². The molecule has 0 saturated carbocycles. The maximum Gasteiger partial charge on any atom is 0.222 e. The summed E-state index contributed by atoms with van der Waals surface area (Å²) in [4.78, 5) is 13.8. The van der Waals surface area contributed by atoms with E-state index in [1.807, 2.05) is 12.1 Å². The number of primary amides is 1. The molecule has 20 heavy (non-hydrogen) atoms. The molecule has 1 amide bonds. The molecule has 1 aliphatic rings. The summed E-state index contributed by atoms with van der Waals surface area (Å²) < 4.78 is 0. The lowest BCUT2D eigenvalue weighted by Gasteiger charge is -2.40. The van der Waals surface area contributed by atoms with E-state index in [-0.39, 0.29) is 17.9 Å². The summed E-state index contributed by atoms with van der Waals surface area (Å²) in [6, 6.07) is 8.69. The molecule has 0 spiro atoms. The van der Waals surface area contributed by atoms with Crippen LogP contribution in [0.2, 0.25) is 0 Å². The number of carbonyl (C=O) groups is 1. The van der Waals surface area contributed by atoms with Gasteiger partial charge in [0.05, 0.1) is 5.92 Å². The summed E-state index contributed by atoms with van der Waals surface area (Å²) in [7, 11) is 0.